The number of aryl methyl sites for hydroxylation is 1. The number of nitrogens with zero attached hydrogens (tertiary/aromatic N) is 1. The van der Waals surface area contributed by atoms with E-state index in [9.17, 15) is 9.65 Å². The molecule has 0 aliphatic rings. The van der Waals surface area contributed by atoms with Crippen molar-refractivity contribution in [2.45, 2.75) is 6.92 Å². The van der Waals surface area contributed by atoms with E-state index >= 15 is 0 Å². The van der Waals surface area contributed by atoms with E-state index < -0.39 is 0 Å². The molecule has 23 heavy (non-hydrogen) atoms. The Bertz CT molecular complexity index is 881. The smallest absolute Gasteiger partial charge is 0.134 e. The van der Waals surface area contributed by atoms with E-state index in [1.54, 1.807) is 24.3 Å². The molecule has 0 N–H and O–H groups in total. The lowest BCUT2D eigenvalue weighted by Crippen LogP contribution is -1.81. The molecule has 1 aromatic heterocycles. The van der Waals surface area contributed by atoms with Crippen LogP contribution in [-0.4, -0.2) is 0 Å². The lowest BCUT2D eigenvalue weighted by atomic mass is 10.0. The summed E-state index contributed by atoms with van der Waals surface area (Å²) in [6.45, 7) is 2.00. The maximum atomic E-state index is 13.0. The SMILES string of the molecule is Cc1ccc(/C(C#N)=C\c2ccc(-c3ccc(F)cc3)o2)cc1. The number of rotatable bonds is 3. The maximum Gasteiger partial charge on any atom is 0.134 e. The minimum absolute atomic E-state index is 0.286. The number of allylic oxidation sites excluding steroid dienone is 1. The molecule has 3 rings (SSSR count). The standard InChI is InChI=1S/C20H14FNO/c1-14-2-4-15(5-3-14)17(13-22)12-19-10-11-20(23-19)16-6-8-18(21)9-7-16/h2-12H,1H3/b17-12-. The molecule has 2 nitrogen and oxygen atoms in total. The lowest BCUT2D eigenvalue weighted by Gasteiger charge is -1.99. The Morgan fingerprint density at radius 1 is 1.00 bits per heavy atom. The van der Waals surface area contributed by atoms with Crippen molar-refractivity contribution < 1.29 is 8.81 Å². The first-order valence-corrected chi connectivity index (χ1v) is 7.20. The Kier molecular flexibility index (Phi) is 4.07. The molecule has 112 valence electrons. The summed E-state index contributed by atoms with van der Waals surface area (Å²) in [6, 6.07) is 19.6. The van der Waals surface area contributed by atoms with Crippen LogP contribution in [0.25, 0.3) is 23.0 Å². The first-order valence-electron chi connectivity index (χ1n) is 7.20. The fraction of sp³-hybridized carbons (Fsp3) is 0.0500. The van der Waals surface area contributed by atoms with Gasteiger partial charge in [-0.2, -0.15) is 5.26 Å². The number of nitriles is 1. The molecule has 0 saturated carbocycles. The molecule has 0 amide bonds. The van der Waals surface area contributed by atoms with Crippen LogP contribution < -0.4 is 0 Å². The summed E-state index contributed by atoms with van der Waals surface area (Å²) in [5.41, 5.74) is 3.31. The third kappa shape index (κ3) is 3.38. The predicted octanol–water partition coefficient (Wildman–Crippen LogP) is 5.46. The Morgan fingerprint density at radius 3 is 2.35 bits per heavy atom. The highest BCUT2D eigenvalue weighted by Gasteiger charge is 2.06. The van der Waals surface area contributed by atoms with Gasteiger partial charge in [0.2, 0.25) is 0 Å². The van der Waals surface area contributed by atoms with E-state index in [2.05, 4.69) is 6.07 Å². The van der Waals surface area contributed by atoms with Gasteiger partial charge < -0.3 is 4.42 Å². The molecule has 0 unspecified atom stereocenters. The van der Waals surface area contributed by atoms with Gasteiger partial charge >= 0.3 is 0 Å². The number of hydrogen-bond acceptors (Lipinski definition) is 2. The largest absolute Gasteiger partial charge is 0.457 e. The fourth-order valence-corrected chi connectivity index (χ4v) is 2.26. The molecule has 1 heterocycles. The van der Waals surface area contributed by atoms with Crippen LogP contribution in [0, 0.1) is 24.1 Å². The number of furan rings is 1. The molecule has 0 bridgehead atoms. The van der Waals surface area contributed by atoms with Gasteiger partial charge in [0.25, 0.3) is 0 Å². The van der Waals surface area contributed by atoms with Crippen LogP contribution in [0.15, 0.2) is 65.1 Å². The molecule has 0 radical (unpaired) electrons. The van der Waals surface area contributed by atoms with Crippen molar-refractivity contribution in [1.29, 1.82) is 5.26 Å². The van der Waals surface area contributed by atoms with Crippen molar-refractivity contribution in [1.82, 2.24) is 0 Å². The zero-order chi connectivity index (χ0) is 16.2. The van der Waals surface area contributed by atoms with Crippen molar-refractivity contribution in [2.24, 2.45) is 0 Å². The minimum Gasteiger partial charge on any atom is -0.457 e. The minimum atomic E-state index is -0.286. The van der Waals surface area contributed by atoms with E-state index in [0.717, 1.165) is 16.7 Å². The predicted molar refractivity (Wildman–Crippen MR) is 88.8 cm³/mol. The van der Waals surface area contributed by atoms with Crippen LogP contribution in [0.4, 0.5) is 4.39 Å². The van der Waals surface area contributed by atoms with Crippen LogP contribution in [0.2, 0.25) is 0 Å². The van der Waals surface area contributed by atoms with E-state index in [0.29, 0.717) is 17.1 Å². The van der Waals surface area contributed by atoms with Crippen LogP contribution in [0.5, 0.6) is 0 Å². The Labute approximate surface area is 134 Å². The average molecular weight is 303 g/mol. The summed E-state index contributed by atoms with van der Waals surface area (Å²) < 4.78 is 18.7. The first-order chi connectivity index (χ1) is 11.2. The molecule has 0 fully saturated rings. The number of benzene rings is 2. The van der Waals surface area contributed by atoms with Crippen molar-refractivity contribution in [3.05, 3.63) is 83.4 Å². The summed E-state index contributed by atoms with van der Waals surface area (Å²) >= 11 is 0. The van der Waals surface area contributed by atoms with E-state index in [1.807, 2.05) is 37.3 Å². The normalized spacial score (nSPS) is 11.3. The lowest BCUT2D eigenvalue weighted by molar-refractivity contribution is 0.571. The monoisotopic (exact) mass is 303 g/mol. The summed E-state index contributed by atoms with van der Waals surface area (Å²) in [5, 5.41) is 9.36. The topological polar surface area (TPSA) is 36.9 Å². The molecular weight excluding hydrogens is 289 g/mol. The van der Waals surface area contributed by atoms with E-state index in [-0.39, 0.29) is 5.82 Å². The van der Waals surface area contributed by atoms with Crippen LogP contribution in [0.1, 0.15) is 16.9 Å². The molecule has 3 aromatic rings. The zero-order valence-corrected chi connectivity index (χ0v) is 12.6. The second-order valence-corrected chi connectivity index (χ2v) is 5.24. The van der Waals surface area contributed by atoms with Gasteiger partial charge in [0.1, 0.15) is 17.3 Å². The Morgan fingerprint density at radius 2 is 1.70 bits per heavy atom. The third-order valence-corrected chi connectivity index (χ3v) is 3.53. The molecule has 0 saturated heterocycles. The highest BCUT2D eigenvalue weighted by atomic mass is 19.1. The van der Waals surface area contributed by atoms with Gasteiger partial charge in [-0.1, -0.05) is 29.8 Å². The summed E-state index contributed by atoms with van der Waals surface area (Å²) in [4.78, 5) is 0. The van der Waals surface area contributed by atoms with Crippen molar-refractivity contribution >= 4 is 11.6 Å². The zero-order valence-electron chi connectivity index (χ0n) is 12.6. The third-order valence-electron chi connectivity index (χ3n) is 3.53. The highest BCUT2D eigenvalue weighted by molar-refractivity contribution is 5.88. The van der Waals surface area contributed by atoms with Gasteiger partial charge in [-0.25, -0.2) is 4.39 Å². The molecule has 0 spiro atoms. The molecule has 2 aromatic carbocycles. The van der Waals surface area contributed by atoms with Crippen LogP contribution in [-0.2, 0) is 0 Å². The van der Waals surface area contributed by atoms with E-state index in [4.69, 9.17) is 4.42 Å². The quantitative estimate of drug-likeness (QED) is 0.602. The molecule has 0 aliphatic heterocycles. The molecule has 0 atom stereocenters. The highest BCUT2D eigenvalue weighted by Crippen LogP contribution is 2.25. The Hall–Kier alpha value is -3.12. The first kappa shape index (κ1) is 14.8. The number of halogens is 1. The van der Waals surface area contributed by atoms with E-state index in [1.165, 1.54) is 12.1 Å². The molecule has 0 aliphatic carbocycles. The van der Waals surface area contributed by atoms with Crippen molar-refractivity contribution in [3.8, 4) is 17.4 Å². The van der Waals surface area contributed by atoms with Gasteiger partial charge in [-0.3, -0.25) is 0 Å². The summed E-state index contributed by atoms with van der Waals surface area (Å²) in [6.07, 6.45) is 1.71. The van der Waals surface area contributed by atoms with Gasteiger partial charge in [0.05, 0.1) is 11.6 Å². The second kappa shape index (κ2) is 6.33. The fourth-order valence-electron chi connectivity index (χ4n) is 2.26. The average Bonchev–Trinajstić information content (AvgIpc) is 3.03. The number of hydrogen-bond donors (Lipinski definition) is 0. The van der Waals surface area contributed by atoms with Crippen molar-refractivity contribution in [2.75, 3.05) is 0 Å². The van der Waals surface area contributed by atoms with Crippen LogP contribution >= 0.6 is 0 Å². The Balaban J connectivity index is 1.91. The second-order valence-electron chi connectivity index (χ2n) is 5.24. The van der Waals surface area contributed by atoms with Gasteiger partial charge in [0, 0.05) is 5.56 Å². The van der Waals surface area contributed by atoms with Gasteiger partial charge in [-0.05, 0) is 55.0 Å². The molecular formula is C20H14FNO. The summed E-state index contributed by atoms with van der Waals surface area (Å²) in [5.74, 6) is 0.936. The van der Waals surface area contributed by atoms with Crippen LogP contribution in [0.3, 0.4) is 0 Å². The van der Waals surface area contributed by atoms with Gasteiger partial charge in [0.15, 0.2) is 0 Å². The summed E-state index contributed by atoms with van der Waals surface area (Å²) in [7, 11) is 0. The van der Waals surface area contributed by atoms with Crippen molar-refractivity contribution in [3.63, 3.8) is 0 Å². The maximum absolute atomic E-state index is 13.0. The van der Waals surface area contributed by atoms with Gasteiger partial charge in [-0.15, -0.1) is 0 Å². The molecule has 3 heteroatoms.